The van der Waals surface area contributed by atoms with Gasteiger partial charge in [-0.25, -0.2) is 13.2 Å². The van der Waals surface area contributed by atoms with Gasteiger partial charge in [-0.05, 0) is 24.3 Å². The van der Waals surface area contributed by atoms with Crippen LogP contribution in [0.2, 0.25) is 0 Å². The van der Waals surface area contributed by atoms with Crippen molar-refractivity contribution in [1.29, 1.82) is 0 Å². The molecule has 24 heavy (non-hydrogen) atoms. The molecule has 1 heterocycles. The normalized spacial score (nSPS) is 13.2. The first-order chi connectivity index (χ1) is 11.3. The Bertz CT molecular complexity index is 941. The number of benzene rings is 2. The molecule has 0 bridgehead atoms. The molecule has 0 unspecified atom stereocenters. The fourth-order valence-electron chi connectivity index (χ4n) is 2.42. The van der Waals surface area contributed by atoms with Crippen molar-refractivity contribution in [2.24, 2.45) is 0 Å². The lowest BCUT2D eigenvalue weighted by atomic mass is 10.2. The Hall–Kier alpha value is -2.26. The number of carboxylic acids is 1. The van der Waals surface area contributed by atoms with Crippen molar-refractivity contribution in [2.45, 2.75) is 11.3 Å². The van der Waals surface area contributed by atoms with Crippen LogP contribution >= 0.6 is 15.9 Å². The highest BCUT2D eigenvalue weighted by molar-refractivity contribution is 9.10. The van der Waals surface area contributed by atoms with E-state index in [1.807, 2.05) is 0 Å². The van der Waals surface area contributed by atoms with E-state index in [4.69, 9.17) is 9.84 Å². The topological polar surface area (TPSA) is 113 Å². The zero-order chi connectivity index (χ0) is 17.5. The number of nitrogens with one attached hydrogen (secondary N) is 1. The smallest absolute Gasteiger partial charge is 0.339 e. The number of phenols is 1. The summed E-state index contributed by atoms with van der Waals surface area (Å²) in [7, 11) is -3.97. The Kier molecular flexibility index (Phi) is 4.14. The third kappa shape index (κ3) is 3.04. The first-order valence-corrected chi connectivity index (χ1v) is 9.10. The maximum Gasteiger partial charge on any atom is 0.339 e. The molecule has 0 saturated heterocycles. The molecule has 0 radical (unpaired) electrons. The molecule has 0 atom stereocenters. The Morgan fingerprint density at radius 1 is 1.25 bits per heavy atom. The van der Waals surface area contributed by atoms with E-state index in [1.54, 1.807) is 6.07 Å². The van der Waals surface area contributed by atoms with Gasteiger partial charge in [0.05, 0.1) is 12.3 Å². The standard InChI is InChI=1S/C15H12BrNO6S/c16-9-5-8-3-4-23-14(8)13(6-9)24(21,22)17-10-1-2-11(15(19)20)12(18)7-10/h1-2,5-7,17-18H,3-4H2,(H,19,20). The van der Waals surface area contributed by atoms with Gasteiger partial charge in [0, 0.05) is 22.5 Å². The van der Waals surface area contributed by atoms with Crippen molar-refractivity contribution >= 4 is 37.6 Å². The average Bonchev–Trinajstić information content (AvgIpc) is 2.93. The summed E-state index contributed by atoms with van der Waals surface area (Å²) in [6, 6.07) is 6.66. The number of halogens is 1. The van der Waals surface area contributed by atoms with E-state index in [9.17, 15) is 18.3 Å². The minimum absolute atomic E-state index is 0.0221. The summed E-state index contributed by atoms with van der Waals surface area (Å²) in [6.45, 7) is 0.405. The van der Waals surface area contributed by atoms with E-state index in [0.29, 0.717) is 23.2 Å². The molecule has 0 saturated carbocycles. The largest absolute Gasteiger partial charge is 0.507 e. The van der Waals surface area contributed by atoms with E-state index >= 15 is 0 Å². The van der Waals surface area contributed by atoms with Gasteiger partial charge in [-0.2, -0.15) is 0 Å². The lowest BCUT2D eigenvalue weighted by molar-refractivity contribution is 0.0694. The molecule has 0 spiro atoms. The number of hydrogen-bond acceptors (Lipinski definition) is 5. The highest BCUT2D eigenvalue weighted by Crippen LogP contribution is 2.37. The monoisotopic (exact) mass is 413 g/mol. The number of hydrogen-bond donors (Lipinski definition) is 3. The van der Waals surface area contributed by atoms with Crippen LogP contribution < -0.4 is 9.46 Å². The van der Waals surface area contributed by atoms with Crippen LogP contribution in [0.25, 0.3) is 0 Å². The van der Waals surface area contributed by atoms with Crippen molar-refractivity contribution in [2.75, 3.05) is 11.3 Å². The van der Waals surface area contributed by atoms with Crippen LogP contribution in [0.15, 0.2) is 39.7 Å². The van der Waals surface area contributed by atoms with E-state index in [-0.39, 0.29) is 16.1 Å². The van der Waals surface area contributed by atoms with E-state index in [0.717, 1.165) is 17.7 Å². The molecule has 0 amide bonds. The number of aromatic carboxylic acids is 1. The van der Waals surface area contributed by atoms with Crippen molar-refractivity contribution < 1.29 is 28.2 Å². The molecule has 3 rings (SSSR count). The summed E-state index contributed by atoms with van der Waals surface area (Å²) >= 11 is 3.28. The lowest BCUT2D eigenvalue weighted by Gasteiger charge is -2.12. The molecule has 7 nitrogen and oxygen atoms in total. The highest BCUT2D eigenvalue weighted by atomic mass is 79.9. The number of sulfonamides is 1. The van der Waals surface area contributed by atoms with Gasteiger partial charge in [0.1, 0.15) is 22.0 Å². The molecule has 126 valence electrons. The Morgan fingerprint density at radius 2 is 2.00 bits per heavy atom. The average molecular weight is 414 g/mol. The number of ether oxygens (including phenoxy) is 1. The van der Waals surface area contributed by atoms with E-state index in [2.05, 4.69) is 20.7 Å². The van der Waals surface area contributed by atoms with Crippen molar-refractivity contribution in [3.8, 4) is 11.5 Å². The molecule has 0 fully saturated rings. The van der Waals surface area contributed by atoms with Crippen LogP contribution in [0, 0.1) is 0 Å². The summed E-state index contributed by atoms with van der Waals surface area (Å²) in [5.74, 6) is -1.53. The van der Waals surface area contributed by atoms with Crippen LogP contribution in [-0.4, -0.2) is 31.2 Å². The molecular weight excluding hydrogens is 402 g/mol. The summed E-state index contributed by atoms with van der Waals surface area (Å²) in [4.78, 5) is 10.9. The quantitative estimate of drug-likeness (QED) is 0.709. The van der Waals surface area contributed by atoms with Crippen LogP contribution in [0.1, 0.15) is 15.9 Å². The predicted octanol–water partition coefficient (Wildman–Crippen LogP) is 2.59. The summed E-state index contributed by atoms with van der Waals surface area (Å²) < 4.78 is 33.6. The molecule has 2 aromatic carbocycles. The Balaban J connectivity index is 1.99. The van der Waals surface area contributed by atoms with Gasteiger partial charge in [0.15, 0.2) is 0 Å². The summed E-state index contributed by atoms with van der Waals surface area (Å²) in [5, 5.41) is 18.6. The molecule has 1 aliphatic rings. The molecule has 2 aromatic rings. The number of aromatic hydroxyl groups is 1. The van der Waals surface area contributed by atoms with Gasteiger partial charge < -0.3 is 14.9 Å². The molecule has 9 heteroatoms. The van der Waals surface area contributed by atoms with Gasteiger partial charge in [-0.1, -0.05) is 15.9 Å². The second-order valence-corrected chi connectivity index (χ2v) is 7.70. The van der Waals surface area contributed by atoms with E-state index in [1.165, 1.54) is 12.1 Å². The highest BCUT2D eigenvalue weighted by Gasteiger charge is 2.26. The number of fused-ring (bicyclic) bond motifs is 1. The first-order valence-electron chi connectivity index (χ1n) is 6.82. The third-order valence-electron chi connectivity index (χ3n) is 3.48. The van der Waals surface area contributed by atoms with Crippen LogP contribution in [0.4, 0.5) is 5.69 Å². The second kappa shape index (κ2) is 5.99. The molecule has 0 aliphatic carbocycles. The number of rotatable bonds is 4. The number of carboxylic acid groups (broad SMARTS) is 1. The summed E-state index contributed by atoms with van der Waals surface area (Å²) in [6.07, 6.45) is 0.616. The Labute approximate surface area is 146 Å². The minimum Gasteiger partial charge on any atom is -0.507 e. The van der Waals surface area contributed by atoms with Crippen molar-refractivity contribution in [3.63, 3.8) is 0 Å². The van der Waals surface area contributed by atoms with Crippen molar-refractivity contribution in [3.05, 3.63) is 45.9 Å². The van der Waals surface area contributed by atoms with E-state index < -0.39 is 21.7 Å². The Morgan fingerprint density at radius 3 is 2.67 bits per heavy atom. The van der Waals surface area contributed by atoms with Gasteiger partial charge in [0.2, 0.25) is 0 Å². The van der Waals surface area contributed by atoms with Gasteiger partial charge in [0.25, 0.3) is 10.0 Å². The van der Waals surface area contributed by atoms with Crippen molar-refractivity contribution in [1.82, 2.24) is 0 Å². The SMILES string of the molecule is O=C(O)c1ccc(NS(=O)(=O)c2cc(Br)cc3c2OCC3)cc1O. The molecular formula is C15H12BrNO6S. The lowest BCUT2D eigenvalue weighted by Crippen LogP contribution is -2.14. The predicted molar refractivity (Wildman–Crippen MR) is 89.2 cm³/mol. The molecule has 3 N–H and O–H groups in total. The first kappa shape index (κ1) is 16.6. The maximum absolute atomic E-state index is 12.6. The second-order valence-electron chi connectivity index (χ2n) is 5.13. The van der Waals surface area contributed by atoms with Gasteiger partial charge in [-0.3, -0.25) is 4.72 Å². The van der Waals surface area contributed by atoms with Gasteiger partial charge >= 0.3 is 5.97 Å². The molecule has 0 aromatic heterocycles. The maximum atomic E-state index is 12.6. The van der Waals surface area contributed by atoms with Crippen LogP contribution in [0.5, 0.6) is 11.5 Å². The third-order valence-corrected chi connectivity index (χ3v) is 5.33. The fourth-order valence-corrected chi connectivity index (χ4v) is 4.34. The van der Waals surface area contributed by atoms with Crippen LogP contribution in [-0.2, 0) is 16.4 Å². The number of anilines is 1. The zero-order valence-electron chi connectivity index (χ0n) is 12.1. The number of carbonyl (C=O) groups is 1. The fraction of sp³-hybridized carbons (Fsp3) is 0.133. The molecule has 1 aliphatic heterocycles. The minimum atomic E-state index is -3.97. The zero-order valence-corrected chi connectivity index (χ0v) is 14.5. The summed E-state index contributed by atoms with van der Waals surface area (Å²) in [5.41, 5.74) is 0.516. The van der Waals surface area contributed by atoms with Gasteiger partial charge in [-0.15, -0.1) is 0 Å². The van der Waals surface area contributed by atoms with Crippen LogP contribution in [0.3, 0.4) is 0 Å².